The minimum atomic E-state index is -0.623. The topological polar surface area (TPSA) is 127 Å². The van der Waals surface area contributed by atoms with Crippen LogP contribution < -0.4 is 11.1 Å². The van der Waals surface area contributed by atoms with E-state index >= 15 is 0 Å². The van der Waals surface area contributed by atoms with Crippen LogP contribution in [0, 0.1) is 5.92 Å². The number of nitrogens with two attached hydrogens (primary N) is 1. The summed E-state index contributed by atoms with van der Waals surface area (Å²) in [7, 11) is 0. The van der Waals surface area contributed by atoms with Crippen molar-refractivity contribution in [1.82, 2.24) is 19.8 Å². The van der Waals surface area contributed by atoms with Crippen LogP contribution in [0.15, 0.2) is 29.0 Å². The summed E-state index contributed by atoms with van der Waals surface area (Å²) in [5.74, 6) is 1.79. The standard InChI is InChI=1S/C28H44N6O4/c1-18(2)15-34(20-12-19(29)16-33(17-20)26(36)38-28(6,7)8)24(35)22-14-31-25(27(3,4)5)32-23(22)30-13-21-10-9-11-37-21/h9-11,14,18-20H,12-13,15-17,29H2,1-8H3,(H,30,31,32)/t19-,20+/m1/s1. The first-order valence-electron chi connectivity index (χ1n) is 13.3. The highest BCUT2D eigenvalue weighted by molar-refractivity contribution is 5.98. The van der Waals surface area contributed by atoms with Gasteiger partial charge in [-0.1, -0.05) is 34.6 Å². The minimum Gasteiger partial charge on any atom is -0.467 e. The van der Waals surface area contributed by atoms with E-state index in [1.54, 1.807) is 17.4 Å². The predicted octanol–water partition coefficient (Wildman–Crippen LogP) is 4.41. The molecule has 0 aliphatic carbocycles. The highest BCUT2D eigenvalue weighted by Crippen LogP contribution is 2.26. The number of hydrogen-bond donors (Lipinski definition) is 2. The molecule has 0 radical (unpaired) electrons. The van der Waals surface area contributed by atoms with E-state index in [1.807, 2.05) is 58.6 Å². The summed E-state index contributed by atoms with van der Waals surface area (Å²) in [5, 5.41) is 3.28. The number of carbonyl (C=O) groups is 2. The van der Waals surface area contributed by atoms with Crippen molar-refractivity contribution in [1.29, 1.82) is 0 Å². The Hall–Kier alpha value is -3.14. The third-order valence-electron chi connectivity index (χ3n) is 6.08. The van der Waals surface area contributed by atoms with Crippen molar-refractivity contribution in [2.24, 2.45) is 11.7 Å². The fourth-order valence-corrected chi connectivity index (χ4v) is 4.38. The number of carbonyl (C=O) groups excluding carboxylic acids is 2. The molecule has 3 heterocycles. The molecule has 2 atom stereocenters. The molecule has 210 valence electrons. The Morgan fingerprint density at radius 2 is 1.95 bits per heavy atom. The van der Waals surface area contributed by atoms with Crippen LogP contribution in [0.25, 0.3) is 0 Å². The largest absolute Gasteiger partial charge is 0.467 e. The number of rotatable bonds is 7. The van der Waals surface area contributed by atoms with Gasteiger partial charge in [0.1, 0.15) is 28.6 Å². The molecule has 10 heteroatoms. The van der Waals surface area contributed by atoms with Gasteiger partial charge in [0.25, 0.3) is 5.91 Å². The summed E-state index contributed by atoms with van der Waals surface area (Å²) in [6, 6.07) is 3.12. The van der Waals surface area contributed by atoms with Crippen molar-refractivity contribution < 1.29 is 18.7 Å². The minimum absolute atomic E-state index is 0.196. The van der Waals surface area contributed by atoms with E-state index in [4.69, 9.17) is 19.9 Å². The van der Waals surface area contributed by atoms with Crippen LogP contribution in [-0.4, -0.2) is 69.1 Å². The van der Waals surface area contributed by atoms with Crippen molar-refractivity contribution >= 4 is 17.8 Å². The second kappa shape index (κ2) is 11.7. The number of nitrogens with one attached hydrogen (secondary N) is 1. The van der Waals surface area contributed by atoms with Gasteiger partial charge >= 0.3 is 6.09 Å². The molecule has 1 fully saturated rings. The van der Waals surface area contributed by atoms with Gasteiger partial charge in [0, 0.05) is 37.3 Å². The molecule has 2 amide bonds. The summed E-state index contributed by atoms with van der Waals surface area (Å²) in [6.45, 7) is 17.3. The maximum absolute atomic E-state index is 14.1. The Morgan fingerprint density at radius 1 is 1.24 bits per heavy atom. The Balaban J connectivity index is 1.93. The zero-order valence-electron chi connectivity index (χ0n) is 24.1. The normalized spacial score (nSPS) is 18.4. The molecule has 0 spiro atoms. The van der Waals surface area contributed by atoms with E-state index in [2.05, 4.69) is 24.1 Å². The van der Waals surface area contributed by atoms with Gasteiger partial charge in [-0.15, -0.1) is 0 Å². The van der Waals surface area contributed by atoms with E-state index < -0.39 is 11.7 Å². The van der Waals surface area contributed by atoms with E-state index in [1.165, 1.54) is 0 Å². The molecule has 0 unspecified atom stereocenters. The molecule has 3 rings (SSSR count). The molecule has 2 aromatic rings. The lowest BCUT2D eigenvalue weighted by molar-refractivity contribution is 0.00687. The van der Waals surface area contributed by atoms with Crippen LogP contribution in [0.5, 0.6) is 0 Å². The Labute approximate surface area is 226 Å². The van der Waals surface area contributed by atoms with Crippen LogP contribution in [0.3, 0.4) is 0 Å². The average Bonchev–Trinajstić information content (AvgIpc) is 3.32. The van der Waals surface area contributed by atoms with Gasteiger partial charge in [-0.25, -0.2) is 14.8 Å². The van der Waals surface area contributed by atoms with E-state index in [9.17, 15) is 9.59 Å². The summed E-state index contributed by atoms with van der Waals surface area (Å²) >= 11 is 0. The molecule has 0 saturated carbocycles. The van der Waals surface area contributed by atoms with E-state index in [0.717, 1.165) is 5.76 Å². The van der Waals surface area contributed by atoms with Crippen molar-refractivity contribution in [3.05, 3.63) is 41.7 Å². The number of ether oxygens (including phenoxy) is 1. The van der Waals surface area contributed by atoms with Gasteiger partial charge in [0.15, 0.2) is 0 Å². The maximum atomic E-state index is 14.1. The Bertz CT molecular complexity index is 1090. The third kappa shape index (κ3) is 7.93. The lowest BCUT2D eigenvalue weighted by Gasteiger charge is -2.42. The molecular formula is C28H44N6O4. The van der Waals surface area contributed by atoms with Crippen molar-refractivity contribution in [3.63, 3.8) is 0 Å². The number of furan rings is 1. The van der Waals surface area contributed by atoms with Gasteiger partial charge in [0.05, 0.1) is 18.8 Å². The van der Waals surface area contributed by atoms with Gasteiger partial charge in [-0.05, 0) is 45.2 Å². The van der Waals surface area contributed by atoms with Gasteiger partial charge < -0.3 is 30.0 Å². The third-order valence-corrected chi connectivity index (χ3v) is 6.08. The molecule has 0 aromatic carbocycles. The fourth-order valence-electron chi connectivity index (χ4n) is 4.38. The van der Waals surface area contributed by atoms with Crippen LogP contribution in [0.1, 0.15) is 83.8 Å². The van der Waals surface area contributed by atoms with Gasteiger partial charge in [0.2, 0.25) is 0 Å². The quantitative estimate of drug-likeness (QED) is 0.541. The SMILES string of the molecule is CC(C)CN(C(=O)c1cnc(C(C)(C)C)nc1NCc1ccco1)[C@H]1C[C@@H](N)CN(C(=O)OC(C)(C)C)C1. The lowest BCUT2D eigenvalue weighted by Crippen LogP contribution is -2.58. The number of hydrogen-bond acceptors (Lipinski definition) is 8. The highest BCUT2D eigenvalue weighted by atomic mass is 16.6. The number of piperidine rings is 1. The average molecular weight is 529 g/mol. The Morgan fingerprint density at radius 3 is 2.53 bits per heavy atom. The van der Waals surface area contributed by atoms with E-state index in [0.29, 0.717) is 49.8 Å². The first kappa shape index (κ1) is 29.4. The number of anilines is 1. The number of amides is 2. The van der Waals surface area contributed by atoms with Gasteiger partial charge in [-0.3, -0.25) is 4.79 Å². The number of likely N-dealkylation sites (tertiary alicyclic amines) is 1. The van der Waals surface area contributed by atoms with Crippen LogP contribution in [0.2, 0.25) is 0 Å². The van der Waals surface area contributed by atoms with Crippen molar-refractivity contribution in [2.75, 3.05) is 25.0 Å². The smallest absolute Gasteiger partial charge is 0.410 e. The number of aromatic nitrogens is 2. The van der Waals surface area contributed by atoms with E-state index in [-0.39, 0.29) is 29.3 Å². The zero-order chi connectivity index (χ0) is 28.3. The van der Waals surface area contributed by atoms with Crippen LogP contribution >= 0.6 is 0 Å². The first-order chi connectivity index (χ1) is 17.6. The molecule has 2 aromatic heterocycles. The highest BCUT2D eigenvalue weighted by Gasteiger charge is 2.37. The molecule has 10 nitrogen and oxygen atoms in total. The fraction of sp³-hybridized carbons (Fsp3) is 0.643. The second-order valence-corrected chi connectivity index (χ2v) is 12.5. The van der Waals surface area contributed by atoms with Crippen LogP contribution in [0.4, 0.5) is 10.6 Å². The molecule has 38 heavy (non-hydrogen) atoms. The molecule has 3 N–H and O–H groups in total. The first-order valence-corrected chi connectivity index (χ1v) is 13.3. The summed E-state index contributed by atoms with van der Waals surface area (Å²) in [6.07, 6.45) is 3.36. The predicted molar refractivity (Wildman–Crippen MR) is 147 cm³/mol. The second-order valence-electron chi connectivity index (χ2n) is 12.5. The molecule has 1 saturated heterocycles. The molecule has 1 aliphatic heterocycles. The lowest BCUT2D eigenvalue weighted by atomic mass is 9.95. The van der Waals surface area contributed by atoms with Crippen molar-refractivity contribution in [2.45, 2.75) is 91.5 Å². The van der Waals surface area contributed by atoms with Crippen molar-refractivity contribution in [3.8, 4) is 0 Å². The van der Waals surface area contributed by atoms with Crippen LogP contribution in [-0.2, 0) is 16.7 Å². The molecular weight excluding hydrogens is 484 g/mol. The maximum Gasteiger partial charge on any atom is 0.410 e. The summed E-state index contributed by atoms with van der Waals surface area (Å²) < 4.78 is 11.1. The molecule has 0 bridgehead atoms. The Kier molecular flexibility index (Phi) is 9.07. The summed E-state index contributed by atoms with van der Waals surface area (Å²) in [5.41, 5.74) is 5.83. The summed E-state index contributed by atoms with van der Waals surface area (Å²) in [4.78, 5) is 39.7. The number of nitrogens with zero attached hydrogens (tertiary/aromatic N) is 4. The monoisotopic (exact) mass is 528 g/mol. The van der Waals surface area contributed by atoms with Gasteiger partial charge in [-0.2, -0.15) is 0 Å². The zero-order valence-corrected chi connectivity index (χ0v) is 24.1. The molecule has 1 aliphatic rings.